The summed E-state index contributed by atoms with van der Waals surface area (Å²) in [5.41, 5.74) is 2.23. The molecule has 140 valence electrons. The van der Waals surface area contributed by atoms with Crippen LogP contribution in [0.2, 0.25) is 0 Å². The second-order valence-electron chi connectivity index (χ2n) is 5.77. The van der Waals surface area contributed by atoms with Crippen LogP contribution in [0.3, 0.4) is 0 Å². The quantitative estimate of drug-likeness (QED) is 0.500. The second-order valence-corrected chi connectivity index (χ2v) is 6.63. The van der Waals surface area contributed by atoms with Gasteiger partial charge in [-0.15, -0.1) is 11.3 Å². The van der Waals surface area contributed by atoms with E-state index in [0.29, 0.717) is 33.3 Å². The van der Waals surface area contributed by atoms with Gasteiger partial charge in [0.1, 0.15) is 5.75 Å². The fourth-order valence-electron chi connectivity index (χ4n) is 2.36. The van der Waals surface area contributed by atoms with Gasteiger partial charge in [-0.05, 0) is 31.2 Å². The van der Waals surface area contributed by atoms with Crippen LogP contribution in [-0.4, -0.2) is 22.4 Å². The molecule has 0 aliphatic rings. The molecular formula is C19H14N4O4S. The van der Waals surface area contributed by atoms with Crippen LogP contribution >= 0.6 is 11.3 Å². The van der Waals surface area contributed by atoms with E-state index in [-0.39, 0.29) is 18.2 Å². The summed E-state index contributed by atoms with van der Waals surface area (Å²) in [5.74, 6) is 0.0843. The molecule has 0 radical (unpaired) electrons. The van der Waals surface area contributed by atoms with E-state index in [9.17, 15) is 14.9 Å². The number of benzene rings is 2. The number of carbonyl (C=O) groups is 1. The smallest absolute Gasteiger partial charge is 0.272 e. The zero-order valence-corrected chi connectivity index (χ0v) is 15.5. The standard InChI is InChI=1S/C19H14N4O4S/c1-12-2-5-14(8-17(12)23(25)26)16-11-28-19(21-16)22-18(24)10-27-15-6-3-13(9-20)4-7-15/h2-8,11H,10H2,1H3,(H,21,22,24). The summed E-state index contributed by atoms with van der Waals surface area (Å²) in [6, 6.07) is 13.3. The van der Waals surface area contributed by atoms with Crippen LogP contribution in [0.15, 0.2) is 47.8 Å². The van der Waals surface area contributed by atoms with E-state index >= 15 is 0 Å². The molecule has 9 heteroatoms. The first-order valence-electron chi connectivity index (χ1n) is 8.10. The molecular weight excluding hydrogens is 380 g/mol. The molecule has 0 fully saturated rings. The summed E-state index contributed by atoms with van der Waals surface area (Å²) in [6.45, 7) is 1.46. The monoisotopic (exact) mass is 394 g/mol. The SMILES string of the molecule is Cc1ccc(-c2csc(NC(=O)COc3ccc(C#N)cc3)n2)cc1[N+](=O)[O-]. The van der Waals surface area contributed by atoms with Gasteiger partial charge in [0.05, 0.1) is 22.2 Å². The Morgan fingerprint density at radius 3 is 2.75 bits per heavy atom. The first kappa shape index (κ1) is 19.0. The molecule has 28 heavy (non-hydrogen) atoms. The fraction of sp³-hybridized carbons (Fsp3) is 0.105. The first-order chi connectivity index (χ1) is 13.5. The number of anilines is 1. The van der Waals surface area contributed by atoms with Crippen LogP contribution in [0.4, 0.5) is 10.8 Å². The van der Waals surface area contributed by atoms with Crippen LogP contribution < -0.4 is 10.1 Å². The van der Waals surface area contributed by atoms with Crippen molar-refractivity contribution in [2.45, 2.75) is 6.92 Å². The van der Waals surface area contributed by atoms with E-state index in [4.69, 9.17) is 10.00 Å². The third-order valence-electron chi connectivity index (χ3n) is 3.81. The van der Waals surface area contributed by atoms with Gasteiger partial charge >= 0.3 is 0 Å². The molecule has 1 aromatic heterocycles. The predicted molar refractivity (Wildman–Crippen MR) is 104 cm³/mol. The Kier molecular flexibility index (Phi) is 5.62. The second kappa shape index (κ2) is 8.28. The maximum Gasteiger partial charge on any atom is 0.272 e. The highest BCUT2D eigenvalue weighted by atomic mass is 32.1. The molecule has 0 spiro atoms. The van der Waals surface area contributed by atoms with Crippen molar-refractivity contribution in [3.63, 3.8) is 0 Å². The topological polar surface area (TPSA) is 118 Å². The number of aryl methyl sites for hydroxylation is 1. The van der Waals surface area contributed by atoms with Gasteiger partial charge in [-0.2, -0.15) is 5.26 Å². The normalized spacial score (nSPS) is 10.1. The Labute approximate surface area is 164 Å². The first-order valence-corrected chi connectivity index (χ1v) is 8.98. The van der Waals surface area contributed by atoms with Crippen molar-refractivity contribution in [2.75, 3.05) is 11.9 Å². The van der Waals surface area contributed by atoms with Crippen LogP contribution in [-0.2, 0) is 4.79 Å². The number of hydrogen-bond donors (Lipinski definition) is 1. The lowest BCUT2D eigenvalue weighted by molar-refractivity contribution is -0.385. The number of nitro groups is 1. The highest BCUT2D eigenvalue weighted by molar-refractivity contribution is 7.14. The van der Waals surface area contributed by atoms with Gasteiger partial charge in [0.2, 0.25) is 0 Å². The Balaban J connectivity index is 1.62. The number of carbonyl (C=O) groups excluding carboxylic acids is 1. The van der Waals surface area contributed by atoms with Crippen molar-refractivity contribution in [3.8, 4) is 23.1 Å². The van der Waals surface area contributed by atoms with Crippen molar-refractivity contribution < 1.29 is 14.5 Å². The van der Waals surface area contributed by atoms with E-state index in [1.54, 1.807) is 48.7 Å². The molecule has 0 aliphatic carbocycles. The molecule has 1 amide bonds. The number of rotatable bonds is 6. The number of thiazole rings is 1. The van der Waals surface area contributed by atoms with E-state index in [2.05, 4.69) is 10.3 Å². The zero-order chi connectivity index (χ0) is 20.1. The van der Waals surface area contributed by atoms with Crippen molar-refractivity contribution in [3.05, 3.63) is 69.1 Å². The van der Waals surface area contributed by atoms with Crippen LogP contribution in [0, 0.1) is 28.4 Å². The average Bonchev–Trinajstić information content (AvgIpc) is 3.15. The minimum Gasteiger partial charge on any atom is -0.484 e. The maximum atomic E-state index is 12.0. The molecule has 8 nitrogen and oxygen atoms in total. The molecule has 0 atom stereocenters. The largest absolute Gasteiger partial charge is 0.484 e. The molecule has 3 aromatic rings. The lowest BCUT2D eigenvalue weighted by Crippen LogP contribution is -2.20. The Bertz CT molecular complexity index is 1070. The molecule has 0 saturated heterocycles. The summed E-state index contributed by atoms with van der Waals surface area (Å²) in [4.78, 5) is 27.0. The number of aromatic nitrogens is 1. The van der Waals surface area contributed by atoms with Crippen molar-refractivity contribution in [1.82, 2.24) is 4.98 Å². The van der Waals surface area contributed by atoms with Crippen LogP contribution in [0.1, 0.15) is 11.1 Å². The minimum atomic E-state index is -0.436. The Morgan fingerprint density at radius 2 is 2.07 bits per heavy atom. The molecule has 0 bridgehead atoms. The minimum absolute atomic E-state index is 0.0203. The summed E-state index contributed by atoms with van der Waals surface area (Å²) in [5, 5.41) is 24.6. The van der Waals surface area contributed by atoms with Crippen LogP contribution in [0.5, 0.6) is 5.75 Å². The Morgan fingerprint density at radius 1 is 1.32 bits per heavy atom. The van der Waals surface area contributed by atoms with Gasteiger partial charge in [-0.1, -0.05) is 12.1 Å². The van der Waals surface area contributed by atoms with Gasteiger partial charge < -0.3 is 4.74 Å². The van der Waals surface area contributed by atoms with Crippen LogP contribution in [0.25, 0.3) is 11.3 Å². The lowest BCUT2D eigenvalue weighted by Gasteiger charge is -2.05. The van der Waals surface area contributed by atoms with Crippen molar-refractivity contribution in [1.29, 1.82) is 5.26 Å². The summed E-state index contributed by atoms with van der Waals surface area (Å²) in [7, 11) is 0. The zero-order valence-electron chi connectivity index (χ0n) is 14.7. The van der Waals surface area contributed by atoms with Gasteiger partial charge in [0, 0.05) is 22.6 Å². The predicted octanol–water partition coefficient (Wildman–Crippen LogP) is 3.92. The number of hydrogen-bond acceptors (Lipinski definition) is 7. The molecule has 1 heterocycles. The molecule has 0 aliphatic heterocycles. The number of nitro benzene ring substituents is 1. The molecule has 3 rings (SSSR count). The summed E-state index contributed by atoms with van der Waals surface area (Å²) < 4.78 is 5.37. The number of nitrogens with zero attached hydrogens (tertiary/aromatic N) is 3. The maximum absolute atomic E-state index is 12.0. The fourth-order valence-corrected chi connectivity index (χ4v) is 3.09. The average molecular weight is 394 g/mol. The summed E-state index contributed by atoms with van der Waals surface area (Å²) in [6.07, 6.45) is 0. The highest BCUT2D eigenvalue weighted by Crippen LogP contribution is 2.29. The molecule has 1 N–H and O–H groups in total. The van der Waals surface area contributed by atoms with Gasteiger partial charge in [-0.25, -0.2) is 4.98 Å². The lowest BCUT2D eigenvalue weighted by atomic mass is 10.1. The number of nitriles is 1. The third kappa shape index (κ3) is 4.49. The molecule has 0 unspecified atom stereocenters. The number of amides is 1. The third-order valence-corrected chi connectivity index (χ3v) is 4.56. The van der Waals surface area contributed by atoms with E-state index in [0.717, 1.165) is 0 Å². The highest BCUT2D eigenvalue weighted by Gasteiger charge is 2.14. The van der Waals surface area contributed by atoms with Gasteiger partial charge in [0.15, 0.2) is 11.7 Å². The van der Waals surface area contributed by atoms with Crippen molar-refractivity contribution in [2.24, 2.45) is 0 Å². The molecule has 0 saturated carbocycles. The summed E-state index contributed by atoms with van der Waals surface area (Å²) >= 11 is 1.21. The Hall–Kier alpha value is -3.77. The number of nitrogens with one attached hydrogen (secondary N) is 1. The van der Waals surface area contributed by atoms with Gasteiger partial charge in [0.25, 0.3) is 11.6 Å². The van der Waals surface area contributed by atoms with E-state index in [1.807, 2.05) is 6.07 Å². The van der Waals surface area contributed by atoms with Gasteiger partial charge in [-0.3, -0.25) is 20.2 Å². The molecule has 2 aromatic carbocycles. The number of ether oxygens (including phenoxy) is 1. The van der Waals surface area contributed by atoms with E-state index in [1.165, 1.54) is 17.4 Å². The van der Waals surface area contributed by atoms with Crippen molar-refractivity contribution >= 4 is 28.1 Å². The van der Waals surface area contributed by atoms with E-state index < -0.39 is 4.92 Å².